The van der Waals surface area contributed by atoms with E-state index in [4.69, 9.17) is 9.47 Å². The molecule has 1 amide bonds. The summed E-state index contributed by atoms with van der Waals surface area (Å²) in [6.45, 7) is 7.08. The second-order valence-corrected chi connectivity index (χ2v) is 9.29. The molecular weight excluding hydrogens is 465 g/mol. The topological polar surface area (TPSA) is 118 Å². The Labute approximate surface area is 207 Å². The van der Waals surface area contributed by atoms with E-state index in [1.54, 1.807) is 19.3 Å². The number of alkyl carbamates (subject to hydrolysis) is 1. The lowest BCUT2D eigenvalue weighted by atomic mass is 9.91. The van der Waals surface area contributed by atoms with Crippen LogP contribution in [0.3, 0.4) is 0 Å². The van der Waals surface area contributed by atoms with Crippen molar-refractivity contribution >= 4 is 33.7 Å². The number of ether oxygens (including phenoxy) is 2. The number of piperidine rings is 1. The summed E-state index contributed by atoms with van der Waals surface area (Å²) in [5.74, 6) is -0.0592. The van der Waals surface area contributed by atoms with Crippen molar-refractivity contribution in [2.75, 3.05) is 31.7 Å². The fraction of sp³-hybridized carbons (Fsp3) is 0.400. The highest BCUT2D eigenvalue weighted by atomic mass is 19.1. The number of H-pyrrole nitrogens is 1. The minimum Gasteiger partial charge on any atom is -0.467 e. The lowest BCUT2D eigenvalue weighted by Crippen LogP contribution is -2.57. The van der Waals surface area contributed by atoms with Crippen LogP contribution in [-0.2, 0) is 4.74 Å². The van der Waals surface area contributed by atoms with Gasteiger partial charge in [0.2, 0.25) is 0 Å². The van der Waals surface area contributed by atoms with Crippen LogP contribution in [-0.4, -0.2) is 63.6 Å². The standard InChI is InChI=1S/C25H28FN7O3/c1-5-36-24(34)31-25(3)7-6-8-33(13-25)22-17-11-27-20(19(26)21(17)29-23(30-22)35-4)15-9-14(2)10-18-16(15)12-28-32-18/h9-12H,5-8,13H2,1-4H3,(H,28,32)(H,31,34)/t25-/m1/s1. The summed E-state index contributed by atoms with van der Waals surface area (Å²) in [6, 6.07) is 3.88. The number of carbonyl (C=O) groups excluding carboxylic acids is 1. The summed E-state index contributed by atoms with van der Waals surface area (Å²) in [4.78, 5) is 27.5. The van der Waals surface area contributed by atoms with E-state index < -0.39 is 17.4 Å². The molecule has 1 saturated heterocycles. The van der Waals surface area contributed by atoms with Crippen molar-refractivity contribution in [3.63, 3.8) is 0 Å². The van der Waals surface area contributed by atoms with Gasteiger partial charge < -0.3 is 19.7 Å². The number of benzene rings is 1. The van der Waals surface area contributed by atoms with Crippen molar-refractivity contribution in [3.8, 4) is 17.3 Å². The normalized spacial score (nSPS) is 18.0. The molecule has 4 aromatic rings. The minimum absolute atomic E-state index is 0.0527. The van der Waals surface area contributed by atoms with E-state index in [0.717, 1.165) is 29.3 Å². The number of fused-ring (bicyclic) bond motifs is 2. The first-order valence-electron chi connectivity index (χ1n) is 11.9. The lowest BCUT2D eigenvalue weighted by Gasteiger charge is -2.41. The summed E-state index contributed by atoms with van der Waals surface area (Å²) in [5, 5.41) is 11.2. The van der Waals surface area contributed by atoms with Crippen LogP contribution in [0.15, 0.2) is 24.5 Å². The van der Waals surface area contributed by atoms with Gasteiger partial charge in [0.25, 0.3) is 0 Å². The van der Waals surface area contributed by atoms with Gasteiger partial charge in [-0.1, -0.05) is 0 Å². The van der Waals surface area contributed by atoms with Crippen molar-refractivity contribution in [1.29, 1.82) is 0 Å². The van der Waals surface area contributed by atoms with Gasteiger partial charge in [0.1, 0.15) is 17.0 Å². The number of methoxy groups -OCH3 is 1. The van der Waals surface area contributed by atoms with Gasteiger partial charge in [-0.15, -0.1) is 0 Å². The Bertz CT molecular complexity index is 1460. The summed E-state index contributed by atoms with van der Waals surface area (Å²) < 4.78 is 26.5. The van der Waals surface area contributed by atoms with Gasteiger partial charge in [-0.05, 0) is 51.3 Å². The summed E-state index contributed by atoms with van der Waals surface area (Å²) >= 11 is 0. The van der Waals surface area contributed by atoms with Crippen molar-refractivity contribution in [2.45, 2.75) is 39.2 Å². The fourth-order valence-corrected chi connectivity index (χ4v) is 4.87. The predicted molar refractivity (Wildman–Crippen MR) is 134 cm³/mol. The largest absolute Gasteiger partial charge is 0.467 e. The van der Waals surface area contributed by atoms with Gasteiger partial charge >= 0.3 is 12.1 Å². The zero-order chi connectivity index (χ0) is 25.4. The van der Waals surface area contributed by atoms with Gasteiger partial charge in [0.05, 0.1) is 36.4 Å². The number of aryl methyl sites for hydroxylation is 1. The number of rotatable bonds is 5. The van der Waals surface area contributed by atoms with Crippen LogP contribution in [0, 0.1) is 12.7 Å². The fourth-order valence-electron chi connectivity index (χ4n) is 4.87. The summed E-state index contributed by atoms with van der Waals surface area (Å²) in [7, 11) is 1.45. The molecule has 1 aliphatic rings. The quantitative estimate of drug-likeness (QED) is 0.426. The van der Waals surface area contributed by atoms with Gasteiger partial charge in [0, 0.05) is 30.2 Å². The third kappa shape index (κ3) is 4.25. The predicted octanol–water partition coefficient (Wildman–Crippen LogP) is 4.13. The number of halogens is 1. The number of nitrogens with zero attached hydrogens (tertiary/aromatic N) is 5. The summed E-state index contributed by atoms with van der Waals surface area (Å²) in [6.07, 6.45) is 4.36. The highest BCUT2D eigenvalue weighted by molar-refractivity contribution is 5.98. The van der Waals surface area contributed by atoms with Crippen molar-refractivity contribution in [2.24, 2.45) is 0 Å². The number of carbonyl (C=O) groups is 1. The molecule has 1 aromatic carbocycles. The van der Waals surface area contributed by atoms with Gasteiger partial charge in [-0.2, -0.15) is 15.1 Å². The molecule has 0 unspecified atom stereocenters. The molecule has 11 heteroatoms. The third-order valence-corrected chi connectivity index (χ3v) is 6.46. The summed E-state index contributed by atoms with van der Waals surface area (Å²) in [5.41, 5.74) is 2.12. The van der Waals surface area contributed by atoms with Crippen LogP contribution in [0.5, 0.6) is 6.01 Å². The van der Waals surface area contributed by atoms with Crippen LogP contribution >= 0.6 is 0 Å². The Kier molecular flexibility index (Phi) is 6.07. The first kappa shape index (κ1) is 23.7. The molecule has 188 valence electrons. The van der Waals surface area contributed by atoms with Crippen LogP contribution in [0.1, 0.15) is 32.3 Å². The molecule has 3 aromatic heterocycles. The number of pyridine rings is 1. The lowest BCUT2D eigenvalue weighted by molar-refractivity contribution is 0.136. The van der Waals surface area contributed by atoms with Gasteiger partial charge in [0.15, 0.2) is 5.82 Å². The molecule has 1 atom stereocenters. The number of aromatic amines is 1. The van der Waals surface area contributed by atoms with E-state index in [-0.39, 0.29) is 17.2 Å². The van der Waals surface area contributed by atoms with Crippen molar-refractivity contribution in [1.82, 2.24) is 30.5 Å². The average molecular weight is 494 g/mol. The van der Waals surface area contributed by atoms with E-state index in [1.165, 1.54) is 7.11 Å². The van der Waals surface area contributed by atoms with Gasteiger partial charge in [-0.3, -0.25) is 10.1 Å². The molecule has 2 N–H and O–H groups in total. The molecule has 1 fully saturated rings. The molecule has 10 nitrogen and oxygen atoms in total. The number of nitrogens with one attached hydrogen (secondary N) is 2. The molecule has 0 spiro atoms. The molecule has 36 heavy (non-hydrogen) atoms. The Morgan fingerprint density at radius 1 is 1.28 bits per heavy atom. The molecular formula is C25H28FN7O3. The molecule has 0 saturated carbocycles. The van der Waals surface area contributed by atoms with Crippen molar-refractivity contribution in [3.05, 3.63) is 35.9 Å². The van der Waals surface area contributed by atoms with E-state index in [1.807, 2.05) is 30.9 Å². The highest BCUT2D eigenvalue weighted by Crippen LogP contribution is 2.36. The van der Waals surface area contributed by atoms with Crippen LogP contribution in [0.2, 0.25) is 0 Å². The molecule has 5 rings (SSSR count). The Morgan fingerprint density at radius 2 is 2.11 bits per heavy atom. The van der Waals surface area contributed by atoms with Crippen LogP contribution in [0.4, 0.5) is 15.0 Å². The SMILES string of the molecule is CCOC(=O)N[C@]1(C)CCCN(c2nc(OC)nc3c(F)c(-c4cc(C)cc5[nH]ncc45)ncc23)C1. The monoisotopic (exact) mass is 493 g/mol. The molecule has 0 bridgehead atoms. The number of anilines is 1. The van der Waals surface area contributed by atoms with E-state index in [0.29, 0.717) is 36.5 Å². The molecule has 0 radical (unpaired) electrons. The van der Waals surface area contributed by atoms with E-state index >= 15 is 4.39 Å². The maximum absolute atomic E-state index is 16.1. The number of hydrogen-bond acceptors (Lipinski definition) is 8. The number of hydrogen-bond donors (Lipinski definition) is 2. The first-order valence-corrected chi connectivity index (χ1v) is 11.9. The van der Waals surface area contributed by atoms with Gasteiger partial charge in [-0.25, -0.2) is 9.18 Å². The highest BCUT2D eigenvalue weighted by Gasteiger charge is 2.35. The number of amides is 1. The van der Waals surface area contributed by atoms with E-state index in [9.17, 15) is 4.79 Å². The maximum atomic E-state index is 16.1. The minimum atomic E-state index is -0.563. The Balaban J connectivity index is 1.60. The number of aromatic nitrogens is 5. The molecule has 1 aliphatic heterocycles. The molecule has 4 heterocycles. The Morgan fingerprint density at radius 3 is 2.89 bits per heavy atom. The van der Waals surface area contributed by atoms with Crippen molar-refractivity contribution < 1.29 is 18.7 Å². The first-order chi connectivity index (χ1) is 17.3. The van der Waals surface area contributed by atoms with Crippen LogP contribution in [0.25, 0.3) is 33.1 Å². The zero-order valence-electron chi connectivity index (χ0n) is 20.7. The molecule has 0 aliphatic carbocycles. The van der Waals surface area contributed by atoms with Crippen LogP contribution < -0.4 is 15.0 Å². The second-order valence-electron chi connectivity index (χ2n) is 9.29. The Hall–Kier alpha value is -4.02. The second kappa shape index (κ2) is 9.21. The average Bonchev–Trinajstić information content (AvgIpc) is 3.31. The van der Waals surface area contributed by atoms with E-state index in [2.05, 4.69) is 30.5 Å². The third-order valence-electron chi connectivity index (χ3n) is 6.46. The smallest absolute Gasteiger partial charge is 0.407 e. The maximum Gasteiger partial charge on any atom is 0.407 e. The zero-order valence-corrected chi connectivity index (χ0v) is 20.7.